The molecule has 2 heterocycles. The first kappa shape index (κ1) is 14.5. The molecule has 2 aliphatic rings. The fourth-order valence-electron chi connectivity index (χ4n) is 1.32. The highest BCUT2D eigenvalue weighted by atomic mass is 32.2. The molecule has 0 saturated carbocycles. The molecule has 20 heavy (non-hydrogen) atoms. The van der Waals surface area contributed by atoms with Crippen molar-refractivity contribution in [3.63, 3.8) is 0 Å². The number of phosphoric acid groups is 1. The molecule has 2 unspecified atom stereocenters. The van der Waals surface area contributed by atoms with Gasteiger partial charge in [0.05, 0.1) is 26.4 Å². The van der Waals surface area contributed by atoms with Crippen molar-refractivity contribution >= 4 is 19.9 Å². The fourth-order valence-corrected chi connectivity index (χ4v) is 3.42. The lowest BCUT2D eigenvalue weighted by molar-refractivity contribution is 0.142. The molecular weight excluding hydrogens is 303 g/mol. The maximum Gasteiger partial charge on any atom is 0.486 e. The van der Waals surface area contributed by atoms with Crippen molar-refractivity contribution < 1.29 is 27.1 Å². The molecule has 0 radical (unpaired) electrons. The van der Waals surface area contributed by atoms with E-state index in [4.69, 9.17) is 22.5 Å². The Morgan fingerprint density at radius 2 is 1.65 bits per heavy atom. The third-order valence-corrected chi connectivity index (χ3v) is 5.03. The highest BCUT2D eigenvalue weighted by Gasteiger charge is 2.35. The normalized spacial score (nSPS) is 27.0. The van der Waals surface area contributed by atoms with Crippen LogP contribution in [-0.2, 0) is 27.1 Å². The summed E-state index contributed by atoms with van der Waals surface area (Å²) in [5.41, 5.74) is 0. The molecule has 6 nitrogen and oxygen atoms in total. The van der Waals surface area contributed by atoms with Gasteiger partial charge in [0.1, 0.15) is 12.2 Å². The Balaban J connectivity index is 1.53. The van der Waals surface area contributed by atoms with E-state index < -0.39 is 7.82 Å². The zero-order chi connectivity index (χ0) is 13.8. The summed E-state index contributed by atoms with van der Waals surface area (Å²) in [5.74, 6) is 0. The molecular formula is C12H15O6PS. The predicted octanol–water partition coefficient (Wildman–Crippen LogP) is 2.65. The van der Waals surface area contributed by atoms with Crippen LogP contribution in [0.15, 0.2) is 35.2 Å². The van der Waals surface area contributed by atoms with Crippen molar-refractivity contribution in [1.82, 2.24) is 0 Å². The monoisotopic (exact) mass is 318 g/mol. The average molecular weight is 318 g/mol. The second-order valence-corrected chi connectivity index (χ2v) is 7.07. The molecule has 0 N–H and O–H groups in total. The van der Waals surface area contributed by atoms with Gasteiger partial charge in [0.25, 0.3) is 0 Å². The molecule has 110 valence electrons. The Bertz CT molecular complexity index is 456. The van der Waals surface area contributed by atoms with Crippen LogP contribution in [0.1, 0.15) is 0 Å². The first-order valence-corrected chi connectivity index (χ1v) is 8.47. The van der Waals surface area contributed by atoms with Crippen molar-refractivity contribution in [2.24, 2.45) is 0 Å². The van der Waals surface area contributed by atoms with Gasteiger partial charge in [-0.3, -0.25) is 9.05 Å². The summed E-state index contributed by atoms with van der Waals surface area (Å²) in [7, 11) is -3.61. The van der Waals surface area contributed by atoms with E-state index in [2.05, 4.69) is 0 Å². The maximum atomic E-state index is 12.5. The van der Waals surface area contributed by atoms with Gasteiger partial charge in [-0.25, -0.2) is 8.54 Å². The maximum absolute atomic E-state index is 12.5. The van der Waals surface area contributed by atoms with Gasteiger partial charge in [0.2, 0.25) is 0 Å². The van der Waals surface area contributed by atoms with E-state index in [1.807, 2.05) is 30.3 Å². The second kappa shape index (κ2) is 6.58. The molecule has 0 spiro atoms. The van der Waals surface area contributed by atoms with Crippen LogP contribution in [0, 0.1) is 0 Å². The Hall–Kier alpha value is -0.400. The number of epoxide rings is 2. The van der Waals surface area contributed by atoms with E-state index in [9.17, 15) is 4.57 Å². The van der Waals surface area contributed by atoms with Gasteiger partial charge in [-0.05, 0) is 12.1 Å². The Morgan fingerprint density at radius 3 is 2.15 bits per heavy atom. The van der Waals surface area contributed by atoms with Gasteiger partial charge in [-0.15, -0.1) is 0 Å². The molecule has 3 rings (SSSR count). The third kappa shape index (κ3) is 4.86. The number of benzene rings is 1. The Kier molecular flexibility index (Phi) is 4.78. The first-order chi connectivity index (χ1) is 9.73. The summed E-state index contributed by atoms with van der Waals surface area (Å²) < 4.78 is 38.3. The second-order valence-electron chi connectivity index (χ2n) is 4.42. The average Bonchev–Trinajstić information content (AvgIpc) is 3.37. The minimum atomic E-state index is -3.61. The third-order valence-electron chi connectivity index (χ3n) is 2.61. The molecule has 1 aromatic rings. The fraction of sp³-hybridized carbons (Fsp3) is 0.500. The van der Waals surface area contributed by atoms with Crippen molar-refractivity contribution in [2.75, 3.05) is 26.4 Å². The molecule has 2 atom stereocenters. The number of rotatable bonds is 9. The SMILES string of the molecule is O=P(OCC1CO1)(OCC1CO1)OSc1ccccc1. The molecule has 8 heteroatoms. The summed E-state index contributed by atoms with van der Waals surface area (Å²) in [4.78, 5) is 0.824. The Labute approximate surface area is 121 Å². The molecule has 2 fully saturated rings. The first-order valence-electron chi connectivity index (χ1n) is 6.27. The molecule has 0 amide bonds. The lowest BCUT2D eigenvalue weighted by atomic mass is 10.4. The molecule has 2 saturated heterocycles. The molecule has 0 bridgehead atoms. The van der Waals surface area contributed by atoms with Crippen molar-refractivity contribution in [3.8, 4) is 0 Å². The largest absolute Gasteiger partial charge is 0.486 e. The smallest absolute Gasteiger partial charge is 0.371 e. The van der Waals surface area contributed by atoms with Crippen LogP contribution >= 0.6 is 19.9 Å². The quantitative estimate of drug-likeness (QED) is 0.394. The summed E-state index contributed by atoms with van der Waals surface area (Å²) >= 11 is 0.977. The molecule has 0 aromatic heterocycles. The highest BCUT2D eigenvalue weighted by Crippen LogP contribution is 2.54. The van der Waals surface area contributed by atoms with Gasteiger partial charge in [-0.2, -0.15) is 0 Å². The van der Waals surface area contributed by atoms with Gasteiger partial charge in [-0.1, -0.05) is 18.2 Å². The predicted molar refractivity (Wildman–Crippen MR) is 72.4 cm³/mol. The van der Waals surface area contributed by atoms with Gasteiger partial charge in [0.15, 0.2) is 0 Å². The lowest BCUT2D eigenvalue weighted by Gasteiger charge is -2.16. The summed E-state index contributed by atoms with van der Waals surface area (Å²) in [6.07, 6.45) is -0.0103. The van der Waals surface area contributed by atoms with E-state index in [0.29, 0.717) is 13.2 Å². The zero-order valence-electron chi connectivity index (χ0n) is 10.7. The molecule has 0 aliphatic carbocycles. The standard InChI is InChI=1S/C12H15O6PS/c13-19(16-8-10-6-14-10,17-9-11-7-15-11)18-20-12-4-2-1-3-5-12/h1-5,10-11H,6-9H2. The van der Waals surface area contributed by atoms with Crippen LogP contribution in [-0.4, -0.2) is 38.6 Å². The van der Waals surface area contributed by atoms with Crippen molar-refractivity contribution in [2.45, 2.75) is 17.1 Å². The van der Waals surface area contributed by atoms with E-state index in [1.165, 1.54) is 0 Å². The van der Waals surface area contributed by atoms with Crippen molar-refractivity contribution in [1.29, 1.82) is 0 Å². The highest BCUT2D eigenvalue weighted by molar-refractivity contribution is 7.98. The number of ether oxygens (including phenoxy) is 2. The minimum Gasteiger partial charge on any atom is -0.371 e. The van der Waals surface area contributed by atoms with Crippen LogP contribution in [0.25, 0.3) is 0 Å². The molecule has 1 aromatic carbocycles. The summed E-state index contributed by atoms with van der Waals surface area (Å²) in [6, 6.07) is 9.33. The van der Waals surface area contributed by atoms with Crippen LogP contribution in [0.5, 0.6) is 0 Å². The minimum absolute atomic E-state index is 0.00516. The van der Waals surface area contributed by atoms with Crippen LogP contribution in [0.3, 0.4) is 0 Å². The number of phosphoric ester groups is 1. The van der Waals surface area contributed by atoms with Crippen LogP contribution in [0.2, 0.25) is 0 Å². The van der Waals surface area contributed by atoms with E-state index in [0.717, 1.165) is 16.9 Å². The van der Waals surface area contributed by atoms with E-state index in [-0.39, 0.29) is 25.4 Å². The van der Waals surface area contributed by atoms with Gasteiger partial charge < -0.3 is 9.47 Å². The molecule has 2 aliphatic heterocycles. The number of hydrogen-bond donors (Lipinski definition) is 0. The van der Waals surface area contributed by atoms with E-state index in [1.54, 1.807) is 0 Å². The number of hydrogen-bond acceptors (Lipinski definition) is 7. The Morgan fingerprint density at radius 1 is 1.10 bits per heavy atom. The van der Waals surface area contributed by atoms with Crippen LogP contribution < -0.4 is 0 Å². The van der Waals surface area contributed by atoms with Gasteiger partial charge in [0, 0.05) is 16.9 Å². The van der Waals surface area contributed by atoms with E-state index >= 15 is 0 Å². The zero-order valence-corrected chi connectivity index (χ0v) is 12.4. The lowest BCUT2D eigenvalue weighted by Crippen LogP contribution is -2.06. The van der Waals surface area contributed by atoms with Gasteiger partial charge >= 0.3 is 7.82 Å². The summed E-state index contributed by atoms with van der Waals surface area (Å²) in [5, 5.41) is 0. The summed E-state index contributed by atoms with van der Waals surface area (Å²) in [6.45, 7) is 1.66. The van der Waals surface area contributed by atoms with Crippen LogP contribution in [0.4, 0.5) is 0 Å². The van der Waals surface area contributed by atoms with Crippen molar-refractivity contribution in [3.05, 3.63) is 30.3 Å². The topological polar surface area (TPSA) is 69.8 Å².